The average Bonchev–Trinajstić information content (AvgIpc) is 2.09. The Labute approximate surface area is 78.4 Å². The van der Waals surface area contributed by atoms with Crippen LogP contribution in [0.4, 0.5) is 0 Å². The molecule has 1 nitrogen and oxygen atoms in total. The van der Waals surface area contributed by atoms with Gasteiger partial charge in [-0.2, -0.15) is 0 Å². The van der Waals surface area contributed by atoms with Crippen LogP contribution in [0.3, 0.4) is 0 Å². The van der Waals surface area contributed by atoms with Crippen molar-refractivity contribution in [3.8, 4) is 5.75 Å². The van der Waals surface area contributed by atoms with E-state index in [-0.39, 0.29) is 0 Å². The summed E-state index contributed by atoms with van der Waals surface area (Å²) in [6, 6.07) is 7.91. The Hall–Kier alpha value is -0.890. The number of ether oxygens (including phenoxy) is 1. The van der Waals surface area contributed by atoms with Gasteiger partial charge in [-0.05, 0) is 24.6 Å². The van der Waals surface area contributed by atoms with Gasteiger partial charge in [-0.15, -0.1) is 0 Å². The van der Waals surface area contributed by atoms with Crippen LogP contribution in [0, 0.1) is 0 Å². The van der Waals surface area contributed by atoms with Gasteiger partial charge in [0.25, 0.3) is 0 Å². The maximum atomic E-state index is 5.29. The molecule has 1 rings (SSSR count). The molecule has 12 heavy (non-hydrogen) atoms. The summed E-state index contributed by atoms with van der Waals surface area (Å²) in [5.41, 5.74) is 1.17. The first-order valence-corrected chi connectivity index (χ1v) is 4.34. The fourth-order valence-corrected chi connectivity index (χ4v) is 1.12. The number of rotatable bonds is 4. The van der Waals surface area contributed by atoms with E-state index < -0.39 is 0 Å². The molecule has 2 heteroatoms. The normalized spacial score (nSPS) is 9.42. The first-order valence-electron chi connectivity index (χ1n) is 3.93. The van der Waals surface area contributed by atoms with Crippen molar-refractivity contribution >= 4 is 17.6 Å². The molecule has 0 aliphatic heterocycles. The Morgan fingerprint density at radius 2 is 2.00 bits per heavy atom. The van der Waals surface area contributed by atoms with Gasteiger partial charge in [-0.25, -0.2) is 0 Å². The third-order valence-corrected chi connectivity index (χ3v) is 1.65. The van der Waals surface area contributed by atoms with E-state index in [4.69, 9.17) is 4.74 Å². The van der Waals surface area contributed by atoms with E-state index in [1.54, 1.807) is 0 Å². The van der Waals surface area contributed by atoms with E-state index >= 15 is 0 Å². The van der Waals surface area contributed by atoms with E-state index in [2.05, 4.69) is 17.6 Å². The molecule has 1 aromatic rings. The maximum Gasteiger partial charge on any atom is 0.119 e. The predicted molar refractivity (Wildman–Crippen MR) is 53.9 cm³/mol. The summed E-state index contributed by atoms with van der Waals surface area (Å²) in [6.45, 7) is 2.68. The molecule has 0 heterocycles. The molecule has 0 N–H and O–H groups in total. The zero-order valence-corrected chi connectivity index (χ0v) is 7.86. The number of benzene rings is 1. The van der Waals surface area contributed by atoms with Crippen molar-refractivity contribution in [1.82, 2.24) is 0 Å². The summed E-state index contributed by atoms with van der Waals surface area (Å²) in [7, 11) is 0. The van der Waals surface area contributed by atoms with Gasteiger partial charge in [0.15, 0.2) is 0 Å². The Kier molecular flexibility index (Phi) is 3.74. The van der Waals surface area contributed by atoms with Crippen molar-refractivity contribution in [1.29, 1.82) is 0 Å². The first-order chi connectivity index (χ1) is 5.86. The zero-order valence-electron chi connectivity index (χ0n) is 7.04. The smallest absolute Gasteiger partial charge is 0.119 e. The minimum absolute atomic E-state index is 0.707. The van der Waals surface area contributed by atoms with Crippen molar-refractivity contribution in [3.63, 3.8) is 0 Å². The number of hydrogen-bond acceptors (Lipinski definition) is 2. The van der Waals surface area contributed by atoms with E-state index in [9.17, 15) is 0 Å². The minimum Gasteiger partial charge on any atom is -0.494 e. The lowest BCUT2D eigenvalue weighted by atomic mass is 10.2. The van der Waals surface area contributed by atoms with Crippen LogP contribution in [0.1, 0.15) is 12.5 Å². The molecular formula is C10H11OS. The number of thiocarbonyl (C=S) groups is 1. The van der Waals surface area contributed by atoms with Gasteiger partial charge < -0.3 is 4.74 Å². The molecule has 0 fully saturated rings. The summed E-state index contributed by atoms with van der Waals surface area (Å²) < 4.78 is 5.29. The Morgan fingerprint density at radius 1 is 1.33 bits per heavy atom. The predicted octanol–water partition coefficient (Wildman–Crippen LogP) is 2.50. The van der Waals surface area contributed by atoms with Crippen molar-refractivity contribution in [3.05, 3.63) is 29.8 Å². The Bertz CT molecular complexity index is 241. The lowest BCUT2D eigenvalue weighted by Gasteiger charge is -2.02. The standard InChI is InChI=1S/C10H11OS/c1-2-11-10-5-3-9(4-6-10)7-8-12/h3-6H,2,7H2,1H3. The Balaban J connectivity index is 2.64. The maximum absolute atomic E-state index is 5.29. The molecule has 0 spiro atoms. The largest absolute Gasteiger partial charge is 0.494 e. The second-order valence-electron chi connectivity index (χ2n) is 2.40. The highest BCUT2D eigenvalue weighted by Gasteiger charge is 1.92. The van der Waals surface area contributed by atoms with Crippen LogP contribution in [-0.4, -0.2) is 12.0 Å². The van der Waals surface area contributed by atoms with Gasteiger partial charge in [-0.3, -0.25) is 0 Å². The molecule has 0 aromatic heterocycles. The first kappa shape index (κ1) is 9.20. The van der Waals surface area contributed by atoms with Crippen LogP contribution in [0.15, 0.2) is 24.3 Å². The molecule has 0 saturated heterocycles. The van der Waals surface area contributed by atoms with Crippen molar-refractivity contribution < 1.29 is 4.74 Å². The molecule has 63 valence electrons. The number of hydrogen-bond donors (Lipinski definition) is 0. The summed E-state index contributed by atoms with van der Waals surface area (Å²) >= 11 is 4.64. The summed E-state index contributed by atoms with van der Waals surface area (Å²) in [4.78, 5) is 0. The van der Waals surface area contributed by atoms with Gasteiger partial charge in [0.1, 0.15) is 5.75 Å². The van der Waals surface area contributed by atoms with Gasteiger partial charge in [0, 0.05) is 11.8 Å². The monoisotopic (exact) mass is 179 g/mol. The quantitative estimate of drug-likeness (QED) is 0.657. The van der Waals surface area contributed by atoms with Crippen LogP contribution in [0.25, 0.3) is 0 Å². The van der Waals surface area contributed by atoms with E-state index in [0.717, 1.165) is 12.2 Å². The summed E-state index contributed by atoms with van der Waals surface area (Å²) in [5.74, 6) is 0.908. The molecule has 0 unspecified atom stereocenters. The highest BCUT2D eigenvalue weighted by molar-refractivity contribution is 7.78. The van der Waals surface area contributed by atoms with Gasteiger partial charge in [-0.1, -0.05) is 24.4 Å². The molecule has 0 aliphatic rings. The van der Waals surface area contributed by atoms with Crippen molar-refractivity contribution in [2.75, 3.05) is 6.61 Å². The Morgan fingerprint density at radius 3 is 2.50 bits per heavy atom. The average molecular weight is 179 g/mol. The fourth-order valence-electron chi connectivity index (χ4n) is 0.954. The van der Waals surface area contributed by atoms with Crippen LogP contribution in [0.2, 0.25) is 0 Å². The second-order valence-corrected chi connectivity index (χ2v) is 2.69. The summed E-state index contributed by atoms with van der Waals surface area (Å²) in [6.07, 6.45) is 0.724. The molecule has 1 aromatic carbocycles. The minimum atomic E-state index is 0.707. The zero-order chi connectivity index (χ0) is 8.81. The van der Waals surface area contributed by atoms with Gasteiger partial charge >= 0.3 is 0 Å². The molecule has 0 amide bonds. The lowest BCUT2D eigenvalue weighted by molar-refractivity contribution is 0.340. The highest BCUT2D eigenvalue weighted by atomic mass is 32.1. The topological polar surface area (TPSA) is 9.23 Å². The van der Waals surface area contributed by atoms with Crippen LogP contribution in [0.5, 0.6) is 5.75 Å². The van der Waals surface area contributed by atoms with Gasteiger partial charge in [0.05, 0.1) is 6.61 Å². The second kappa shape index (κ2) is 4.88. The van der Waals surface area contributed by atoms with E-state index in [1.165, 1.54) is 5.56 Å². The van der Waals surface area contributed by atoms with Crippen LogP contribution < -0.4 is 4.74 Å². The third kappa shape index (κ3) is 2.62. The fraction of sp³-hybridized carbons (Fsp3) is 0.300. The van der Waals surface area contributed by atoms with Gasteiger partial charge in [0.2, 0.25) is 0 Å². The molecular weight excluding hydrogens is 168 g/mol. The molecule has 0 saturated carbocycles. The highest BCUT2D eigenvalue weighted by Crippen LogP contribution is 2.11. The molecule has 0 atom stereocenters. The van der Waals surface area contributed by atoms with Crippen molar-refractivity contribution in [2.24, 2.45) is 0 Å². The van der Waals surface area contributed by atoms with Crippen LogP contribution >= 0.6 is 12.2 Å². The molecule has 0 bridgehead atoms. The van der Waals surface area contributed by atoms with E-state index in [0.29, 0.717) is 6.61 Å². The lowest BCUT2D eigenvalue weighted by Crippen LogP contribution is -1.91. The summed E-state index contributed by atoms with van der Waals surface area (Å²) in [5, 5.41) is 2.68. The molecule has 0 aliphatic carbocycles. The molecule has 1 radical (unpaired) electrons. The SMILES string of the molecule is CCOc1ccc(C[C]=S)cc1. The third-order valence-electron chi connectivity index (χ3n) is 1.51. The van der Waals surface area contributed by atoms with Crippen molar-refractivity contribution in [2.45, 2.75) is 13.3 Å². The van der Waals surface area contributed by atoms with E-state index in [1.807, 2.05) is 31.2 Å². The van der Waals surface area contributed by atoms with Crippen LogP contribution in [-0.2, 0) is 6.42 Å².